The molecule has 96 valence electrons. The predicted octanol–water partition coefficient (Wildman–Crippen LogP) is -0.973. The van der Waals surface area contributed by atoms with Gasteiger partial charge in [0.05, 0.1) is 18.0 Å². The van der Waals surface area contributed by atoms with Gasteiger partial charge in [0.15, 0.2) is 5.69 Å². The molecule has 0 aliphatic heterocycles. The molecule has 7 heteroatoms. The highest BCUT2D eigenvalue weighted by Crippen LogP contribution is 2.14. The first-order valence-electron chi connectivity index (χ1n) is 5.35. The van der Waals surface area contributed by atoms with Gasteiger partial charge >= 0.3 is 0 Å². The van der Waals surface area contributed by atoms with E-state index in [4.69, 9.17) is 10.8 Å². The number of aliphatic hydroxyl groups is 2. The Morgan fingerprint density at radius 1 is 1.65 bits per heavy atom. The van der Waals surface area contributed by atoms with Crippen LogP contribution in [0.4, 0.5) is 5.69 Å². The molecule has 1 heterocycles. The molecule has 17 heavy (non-hydrogen) atoms. The average Bonchev–Trinajstić information content (AvgIpc) is 2.67. The van der Waals surface area contributed by atoms with Gasteiger partial charge in [-0.2, -0.15) is 5.10 Å². The smallest absolute Gasteiger partial charge is 0.274 e. The summed E-state index contributed by atoms with van der Waals surface area (Å²) in [5.74, 6) is -0.479. The van der Waals surface area contributed by atoms with Crippen molar-refractivity contribution in [2.75, 3.05) is 18.9 Å². The third-order valence-corrected chi connectivity index (χ3v) is 2.42. The molecule has 0 fully saturated rings. The van der Waals surface area contributed by atoms with Gasteiger partial charge in [0.25, 0.3) is 5.91 Å². The lowest BCUT2D eigenvalue weighted by atomic mass is 10.1. The van der Waals surface area contributed by atoms with Gasteiger partial charge in [-0.1, -0.05) is 6.92 Å². The first kappa shape index (κ1) is 13.5. The number of aromatic amines is 1. The van der Waals surface area contributed by atoms with Crippen LogP contribution in [0.3, 0.4) is 0 Å². The molecule has 0 spiro atoms. The van der Waals surface area contributed by atoms with Crippen molar-refractivity contribution in [3.63, 3.8) is 0 Å². The summed E-state index contributed by atoms with van der Waals surface area (Å²) >= 11 is 0. The van der Waals surface area contributed by atoms with Gasteiger partial charge in [0.1, 0.15) is 5.60 Å². The molecule has 0 saturated heterocycles. The van der Waals surface area contributed by atoms with E-state index in [1.165, 1.54) is 6.92 Å². The number of carbonyl (C=O) groups is 1. The molecule has 1 rings (SSSR count). The predicted molar refractivity (Wildman–Crippen MR) is 62.4 cm³/mol. The molecule has 0 aromatic carbocycles. The minimum absolute atomic E-state index is 0.0733. The maximum absolute atomic E-state index is 11.7. The molecule has 7 nitrogen and oxygen atoms in total. The molecule has 1 amide bonds. The van der Waals surface area contributed by atoms with Crippen molar-refractivity contribution >= 4 is 11.6 Å². The number of carbonyl (C=O) groups excluding carboxylic acids is 1. The highest BCUT2D eigenvalue weighted by Gasteiger charge is 2.22. The number of nitrogen functional groups attached to an aromatic ring is 1. The van der Waals surface area contributed by atoms with Crippen LogP contribution in [-0.4, -0.2) is 45.1 Å². The van der Waals surface area contributed by atoms with Crippen LogP contribution in [0, 0.1) is 0 Å². The molecule has 0 aliphatic carbocycles. The number of hydrogen-bond donors (Lipinski definition) is 5. The van der Waals surface area contributed by atoms with Gasteiger partial charge in [-0.3, -0.25) is 9.89 Å². The molecule has 0 saturated carbocycles. The Morgan fingerprint density at radius 2 is 2.29 bits per heavy atom. The summed E-state index contributed by atoms with van der Waals surface area (Å²) in [6, 6.07) is 0. The summed E-state index contributed by atoms with van der Waals surface area (Å²) in [5, 5.41) is 27.3. The molecular weight excluding hydrogens is 224 g/mol. The average molecular weight is 242 g/mol. The van der Waals surface area contributed by atoms with Gasteiger partial charge in [-0.15, -0.1) is 0 Å². The Kier molecular flexibility index (Phi) is 4.08. The van der Waals surface area contributed by atoms with Gasteiger partial charge in [0, 0.05) is 6.54 Å². The summed E-state index contributed by atoms with van der Waals surface area (Å²) < 4.78 is 0. The highest BCUT2D eigenvalue weighted by atomic mass is 16.3. The highest BCUT2D eigenvalue weighted by molar-refractivity contribution is 5.97. The Bertz CT molecular complexity index is 400. The number of aryl methyl sites for hydroxylation is 1. The third kappa shape index (κ3) is 3.18. The number of H-pyrrole nitrogens is 1. The molecule has 1 aromatic heterocycles. The van der Waals surface area contributed by atoms with E-state index in [9.17, 15) is 9.90 Å². The van der Waals surface area contributed by atoms with Crippen molar-refractivity contribution in [2.24, 2.45) is 0 Å². The Morgan fingerprint density at radius 3 is 2.76 bits per heavy atom. The Labute approximate surface area is 99.0 Å². The van der Waals surface area contributed by atoms with E-state index in [0.29, 0.717) is 17.8 Å². The van der Waals surface area contributed by atoms with Crippen LogP contribution in [0.5, 0.6) is 0 Å². The molecule has 0 bridgehead atoms. The van der Waals surface area contributed by atoms with Crippen molar-refractivity contribution in [3.05, 3.63) is 11.4 Å². The van der Waals surface area contributed by atoms with E-state index in [1.807, 2.05) is 6.92 Å². The minimum Gasteiger partial charge on any atom is -0.395 e. The zero-order valence-electron chi connectivity index (χ0n) is 9.95. The monoisotopic (exact) mass is 242 g/mol. The van der Waals surface area contributed by atoms with Crippen LogP contribution < -0.4 is 11.1 Å². The lowest BCUT2D eigenvalue weighted by Gasteiger charge is -2.20. The molecule has 0 aliphatic rings. The second kappa shape index (κ2) is 5.15. The van der Waals surface area contributed by atoms with E-state index in [-0.39, 0.29) is 12.2 Å². The minimum atomic E-state index is -1.35. The van der Waals surface area contributed by atoms with Crippen LogP contribution in [-0.2, 0) is 6.42 Å². The fourth-order valence-electron chi connectivity index (χ4n) is 1.24. The van der Waals surface area contributed by atoms with Gasteiger partial charge in [-0.05, 0) is 13.3 Å². The fourth-order valence-corrected chi connectivity index (χ4v) is 1.24. The molecule has 1 unspecified atom stereocenters. The Hall–Kier alpha value is -1.60. The number of nitrogens with zero attached hydrogens (tertiary/aromatic N) is 1. The largest absolute Gasteiger partial charge is 0.395 e. The molecule has 0 radical (unpaired) electrons. The molecule has 1 atom stereocenters. The van der Waals surface area contributed by atoms with Gasteiger partial charge in [-0.25, -0.2) is 0 Å². The van der Waals surface area contributed by atoms with Crippen LogP contribution >= 0.6 is 0 Å². The zero-order valence-corrected chi connectivity index (χ0v) is 9.95. The molecule has 1 aromatic rings. The lowest BCUT2D eigenvalue weighted by Crippen LogP contribution is -2.43. The van der Waals surface area contributed by atoms with Crippen LogP contribution in [0.2, 0.25) is 0 Å². The van der Waals surface area contributed by atoms with Crippen LogP contribution in [0.25, 0.3) is 0 Å². The number of amides is 1. The van der Waals surface area contributed by atoms with E-state index in [0.717, 1.165) is 0 Å². The quantitative estimate of drug-likeness (QED) is 0.454. The Balaban J connectivity index is 2.67. The summed E-state index contributed by atoms with van der Waals surface area (Å²) in [5.41, 5.74) is 5.49. The van der Waals surface area contributed by atoms with Crippen molar-refractivity contribution in [2.45, 2.75) is 25.9 Å². The van der Waals surface area contributed by atoms with Crippen LogP contribution in [0.15, 0.2) is 0 Å². The number of rotatable bonds is 5. The standard InChI is InChI=1S/C10H18N4O3/c1-3-6-7(11)8(14-13-6)9(16)12-4-10(2,17)5-15/h15,17H,3-5,11H2,1-2H3,(H,12,16)(H,13,14). The first-order chi connectivity index (χ1) is 7.91. The second-order valence-electron chi connectivity index (χ2n) is 4.16. The SMILES string of the molecule is CCc1[nH]nc(C(=O)NCC(C)(O)CO)c1N. The van der Waals surface area contributed by atoms with Gasteiger partial charge in [0.2, 0.25) is 0 Å². The number of nitrogens with two attached hydrogens (primary N) is 1. The van der Waals surface area contributed by atoms with E-state index >= 15 is 0 Å². The zero-order chi connectivity index (χ0) is 13.1. The normalized spacial score (nSPS) is 14.4. The third-order valence-electron chi connectivity index (χ3n) is 2.42. The van der Waals surface area contributed by atoms with Crippen molar-refractivity contribution in [1.29, 1.82) is 0 Å². The number of anilines is 1. The number of nitrogens with one attached hydrogen (secondary N) is 2. The molecule has 6 N–H and O–H groups in total. The second-order valence-corrected chi connectivity index (χ2v) is 4.16. The lowest BCUT2D eigenvalue weighted by molar-refractivity contribution is 0.00317. The van der Waals surface area contributed by atoms with E-state index in [1.54, 1.807) is 0 Å². The van der Waals surface area contributed by atoms with Gasteiger partial charge < -0.3 is 21.3 Å². The van der Waals surface area contributed by atoms with Crippen molar-refractivity contribution in [3.8, 4) is 0 Å². The van der Waals surface area contributed by atoms with E-state index in [2.05, 4.69) is 15.5 Å². The maximum atomic E-state index is 11.7. The molecular formula is C10H18N4O3. The topological polar surface area (TPSA) is 124 Å². The van der Waals surface area contributed by atoms with E-state index < -0.39 is 18.1 Å². The number of aliphatic hydroxyl groups excluding tert-OH is 1. The fraction of sp³-hybridized carbons (Fsp3) is 0.600. The van der Waals surface area contributed by atoms with Crippen molar-refractivity contribution in [1.82, 2.24) is 15.5 Å². The van der Waals surface area contributed by atoms with Crippen LogP contribution in [0.1, 0.15) is 30.0 Å². The number of aromatic nitrogens is 2. The summed E-state index contributed by atoms with van der Waals surface area (Å²) in [6.07, 6.45) is 0.653. The van der Waals surface area contributed by atoms with Crippen molar-refractivity contribution < 1.29 is 15.0 Å². The first-order valence-corrected chi connectivity index (χ1v) is 5.35. The maximum Gasteiger partial charge on any atom is 0.274 e. The summed E-state index contributed by atoms with van der Waals surface area (Å²) in [7, 11) is 0. The summed E-state index contributed by atoms with van der Waals surface area (Å²) in [6.45, 7) is 2.79. The summed E-state index contributed by atoms with van der Waals surface area (Å²) in [4.78, 5) is 11.7. The number of hydrogen-bond acceptors (Lipinski definition) is 5.